The van der Waals surface area contributed by atoms with Crippen molar-refractivity contribution in [2.75, 3.05) is 11.9 Å². The van der Waals surface area contributed by atoms with Crippen molar-refractivity contribution >= 4 is 11.7 Å². The monoisotopic (exact) mass is 339 g/mol. The first-order valence-corrected chi connectivity index (χ1v) is 7.84. The van der Waals surface area contributed by atoms with Crippen molar-refractivity contribution in [1.82, 2.24) is 9.78 Å². The number of benzene rings is 2. The quantitative estimate of drug-likeness (QED) is 0.772. The second-order valence-electron chi connectivity index (χ2n) is 5.64. The van der Waals surface area contributed by atoms with E-state index in [1.165, 1.54) is 12.1 Å². The van der Waals surface area contributed by atoms with Gasteiger partial charge in [-0.05, 0) is 37.6 Å². The van der Waals surface area contributed by atoms with Crippen LogP contribution in [0.4, 0.5) is 10.2 Å². The Kier molecular flexibility index (Phi) is 4.79. The Morgan fingerprint density at radius 2 is 1.88 bits per heavy atom. The number of anilines is 1. The van der Waals surface area contributed by atoms with Crippen molar-refractivity contribution in [3.05, 3.63) is 71.7 Å². The van der Waals surface area contributed by atoms with Gasteiger partial charge in [0.1, 0.15) is 5.82 Å². The highest BCUT2D eigenvalue weighted by atomic mass is 19.1. The highest BCUT2D eigenvalue weighted by Gasteiger charge is 2.13. The third-order valence-electron chi connectivity index (χ3n) is 3.64. The molecule has 0 spiro atoms. The summed E-state index contributed by atoms with van der Waals surface area (Å²) in [5, 5.41) is 7.19. The Morgan fingerprint density at radius 1 is 1.16 bits per heavy atom. The van der Waals surface area contributed by atoms with Crippen LogP contribution in [0, 0.1) is 19.7 Å². The van der Waals surface area contributed by atoms with Crippen LogP contribution in [0.25, 0.3) is 5.69 Å². The van der Waals surface area contributed by atoms with Crippen molar-refractivity contribution < 1.29 is 13.9 Å². The van der Waals surface area contributed by atoms with Crippen molar-refractivity contribution in [3.63, 3.8) is 0 Å². The number of nitrogens with one attached hydrogen (secondary N) is 1. The van der Waals surface area contributed by atoms with Crippen LogP contribution in [0.1, 0.15) is 11.3 Å². The molecule has 0 saturated heterocycles. The van der Waals surface area contributed by atoms with Crippen molar-refractivity contribution in [3.8, 4) is 11.4 Å². The summed E-state index contributed by atoms with van der Waals surface area (Å²) < 4.78 is 20.4. The fourth-order valence-electron chi connectivity index (χ4n) is 2.46. The summed E-state index contributed by atoms with van der Waals surface area (Å²) in [7, 11) is 0. The average molecular weight is 339 g/mol. The second kappa shape index (κ2) is 7.17. The standard InChI is InChI=1S/C19H18FN3O2/c1-13-7-3-5-9-16(13)23-18(11-14(2)22-23)21-19(24)12-25-17-10-6-4-8-15(17)20/h3-11H,12H2,1-2H3,(H,21,24). The molecule has 1 aromatic heterocycles. The fraction of sp³-hybridized carbons (Fsp3) is 0.158. The Balaban J connectivity index is 1.74. The Labute approximate surface area is 145 Å². The molecule has 0 aliphatic carbocycles. The molecule has 2 aromatic carbocycles. The number of aromatic nitrogens is 2. The lowest BCUT2D eigenvalue weighted by Crippen LogP contribution is -2.22. The predicted molar refractivity (Wildman–Crippen MR) is 93.6 cm³/mol. The van der Waals surface area contributed by atoms with Crippen molar-refractivity contribution in [1.29, 1.82) is 0 Å². The third-order valence-corrected chi connectivity index (χ3v) is 3.64. The van der Waals surface area contributed by atoms with Gasteiger partial charge in [-0.1, -0.05) is 30.3 Å². The average Bonchev–Trinajstić information content (AvgIpc) is 2.94. The molecule has 0 radical (unpaired) electrons. The largest absolute Gasteiger partial charge is 0.481 e. The summed E-state index contributed by atoms with van der Waals surface area (Å²) in [5.74, 6) is -0.316. The molecule has 0 aliphatic rings. The highest BCUT2D eigenvalue weighted by molar-refractivity contribution is 5.91. The van der Waals surface area contributed by atoms with E-state index in [0.29, 0.717) is 5.82 Å². The summed E-state index contributed by atoms with van der Waals surface area (Å²) >= 11 is 0. The topological polar surface area (TPSA) is 56.1 Å². The molecule has 0 aliphatic heterocycles. The molecule has 1 heterocycles. The summed E-state index contributed by atoms with van der Waals surface area (Å²) in [6.07, 6.45) is 0. The van der Waals surface area contributed by atoms with E-state index in [4.69, 9.17) is 4.74 Å². The fourth-order valence-corrected chi connectivity index (χ4v) is 2.46. The number of hydrogen-bond donors (Lipinski definition) is 1. The molecule has 3 rings (SSSR count). The van der Waals surface area contributed by atoms with Crippen LogP contribution in [0.2, 0.25) is 0 Å². The van der Waals surface area contributed by atoms with Gasteiger partial charge in [-0.25, -0.2) is 9.07 Å². The van der Waals surface area contributed by atoms with Gasteiger partial charge in [0, 0.05) is 6.07 Å². The van der Waals surface area contributed by atoms with E-state index >= 15 is 0 Å². The molecule has 0 fully saturated rings. The maximum Gasteiger partial charge on any atom is 0.263 e. The molecule has 6 heteroatoms. The first kappa shape index (κ1) is 16.7. The lowest BCUT2D eigenvalue weighted by molar-refractivity contribution is -0.118. The number of aryl methyl sites for hydroxylation is 2. The first-order valence-electron chi connectivity index (χ1n) is 7.84. The van der Waals surface area contributed by atoms with Gasteiger partial charge < -0.3 is 10.1 Å². The third kappa shape index (κ3) is 3.85. The minimum absolute atomic E-state index is 0.0428. The van der Waals surface area contributed by atoms with Crippen LogP contribution < -0.4 is 10.1 Å². The Bertz CT molecular complexity index is 905. The molecule has 128 valence electrons. The molecule has 0 bridgehead atoms. The van der Waals surface area contributed by atoms with Crippen molar-refractivity contribution in [2.45, 2.75) is 13.8 Å². The van der Waals surface area contributed by atoms with E-state index in [-0.39, 0.29) is 12.4 Å². The van der Waals surface area contributed by atoms with Crippen LogP contribution in [0.3, 0.4) is 0 Å². The van der Waals surface area contributed by atoms with E-state index in [1.807, 2.05) is 38.1 Å². The molecular weight excluding hydrogens is 321 g/mol. The number of rotatable bonds is 5. The maximum absolute atomic E-state index is 13.5. The van der Waals surface area contributed by atoms with E-state index in [2.05, 4.69) is 10.4 Å². The number of carbonyl (C=O) groups is 1. The first-order chi connectivity index (χ1) is 12.0. The Morgan fingerprint density at radius 3 is 2.64 bits per heavy atom. The lowest BCUT2D eigenvalue weighted by Gasteiger charge is -2.11. The van der Waals surface area contributed by atoms with E-state index in [0.717, 1.165) is 16.9 Å². The number of para-hydroxylation sites is 2. The minimum atomic E-state index is -0.504. The van der Waals surface area contributed by atoms with Gasteiger partial charge >= 0.3 is 0 Å². The number of halogens is 1. The zero-order valence-electron chi connectivity index (χ0n) is 14.0. The lowest BCUT2D eigenvalue weighted by atomic mass is 10.2. The number of carbonyl (C=O) groups excluding carboxylic acids is 1. The number of nitrogens with zero attached hydrogens (tertiary/aromatic N) is 2. The molecule has 25 heavy (non-hydrogen) atoms. The van der Waals surface area contributed by atoms with Crippen LogP contribution in [0.5, 0.6) is 5.75 Å². The summed E-state index contributed by atoms with van der Waals surface area (Å²) in [6, 6.07) is 15.5. The van der Waals surface area contributed by atoms with Crippen LogP contribution in [-0.4, -0.2) is 22.3 Å². The van der Waals surface area contributed by atoms with Gasteiger partial charge in [-0.15, -0.1) is 0 Å². The minimum Gasteiger partial charge on any atom is -0.481 e. The van der Waals surface area contributed by atoms with Crippen LogP contribution in [0.15, 0.2) is 54.6 Å². The van der Waals surface area contributed by atoms with Crippen LogP contribution >= 0.6 is 0 Å². The van der Waals surface area contributed by atoms with Crippen molar-refractivity contribution in [2.24, 2.45) is 0 Å². The van der Waals surface area contributed by atoms with Gasteiger partial charge in [0.05, 0.1) is 11.4 Å². The smallest absolute Gasteiger partial charge is 0.263 e. The molecule has 0 unspecified atom stereocenters. The number of amides is 1. The predicted octanol–water partition coefficient (Wildman–Crippen LogP) is 3.65. The molecule has 5 nitrogen and oxygen atoms in total. The van der Waals surface area contributed by atoms with Gasteiger partial charge in [-0.3, -0.25) is 4.79 Å². The van der Waals surface area contributed by atoms with E-state index in [1.54, 1.807) is 22.9 Å². The second-order valence-corrected chi connectivity index (χ2v) is 5.64. The Hall–Kier alpha value is -3.15. The normalized spacial score (nSPS) is 10.5. The zero-order chi connectivity index (χ0) is 17.8. The van der Waals surface area contributed by atoms with E-state index in [9.17, 15) is 9.18 Å². The summed E-state index contributed by atoms with van der Waals surface area (Å²) in [4.78, 5) is 12.2. The van der Waals surface area contributed by atoms with Gasteiger partial charge in [0.25, 0.3) is 5.91 Å². The maximum atomic E-state index is 13.5. The molecule has 1 N–H and O–H groups in total. The van der Waals surface area contributed by atoms with Gasteiger partial charge in [0.2, 0.25) is 0 Å². The molecule has 3 aromatic rings. The SMILES string of the molecule is Cc1cc(NC(=O)COc2ccccc2F)n(-c2ccccc2C)n1. The molecule has 0 saturated carbocycles. The number of hydrogen-bond acceptors (Lipinski definition) is 3. The van der Waals surface area contributed by atoms with E-state index < -0.39 is 11.7 Å². The van der Waals surface area contributed by atoms with Crippen LogP contribution in [-0.2, 0) is 4.79 Å². The zero-order valence-corrected chi connectivity index (χ0v) is 14.0. The summed E-state index contributed by atoms with van der Waals surface area (Å²) in [6.45, 7) is 3.53. The molecule has 0 atom stereocenters. The molecule has 1 amide bonds. The summed E-state index contributed by atoms with van der Waals surface area (Å²) in [5.41, 5.74) is 2.68. The molecular formula is C19H18FN3O2. The number of ether oxygens (including phenoxy) is 1. The van der Waals surface area contributed by atoms with Gasteiger partial charge in [-0.2, -0.15) is 5.10 Å². The highest BCUT2D eigenvalue weighted by Crippen LogP contribution is 2.20. The van der Waals surface area contributed by atoms with Gasteiger partial charge in [0.15, 0.2) is 18.2 Å².